The molecule has 2 aromatic rings. The fraction of sp³-hybridized carbons (Fsp3) is 0.292. The van der Waals surface area contributed by atoms with Crippen molar-refractivity contribution in [3.8, 4) is 11.1 Å². The van der Waals surface area contributed by atoms with Crippen LogP contribution < -0.4 is 5.32 Å². The highest BCUT2D eigenvalue weighted by atomic mass is 19.1. The van der Waals surface area contributed by atoms with Gasteiger partial charge in [-0.15, -0.1) is 0 Å². The number of hydrogen-bond donors (Lipinski definition) is 1. The molecule has 6 heteroatoms. The van der Waals surface area contributed by atoms with Gasteiger partial charge in [0.1, 0.15) is 11.9 Å². The number of halogens is 1. The average Bonchev–Trinajstić information content (AvgIpc) is 3.42. The molecule has 2 bridgehead atoms. The van der Waals surface area contributed by atoms with Crippen molar-refractivity contribution in [3.63, 3.8) is 0 Å². The van der Waals surface area contributed by atoms with Gasteiger partial charge in [-0.1, -0.05) is 36.4 Å². The number of likely N-dealkylation sites (tertiary alicyclic amines) is 1. The van der Waals surface area contributed by atoms with E-state index in [2.05, 4.69) is 5.32 Å². The van der Waals surface area contributed by atoms with Gasteiger partial charge in [-0.25, -0.2) is 4.39 Å². The van der Waals surface area contributed by atoms with Gasteiger partial charge < -0.3 is 5.32 Å². The lowest BCUT2D eigenvalue weighted by molar-refractivity contribution is -0.146. The molecule has 5 rings (SSSR count). The first kappa shape index (κ1) is 18.7. The highest BCUT2D eigenvalue weighted by molar-refractivity contribution is 6.10. The Kier molecular flexibility index (Phi) is 4.31. The van der Waals surface area contributed by atoms with Crippen LogP contribution in [0.2, 0.25) is 0 Å². The number of allylic oxidation sites excluding steroid dienone is 2. The number of amides is 3. The fourth-order valence-corrected chi connectivity index (χ4v) is 5.09. The number of rotatable bonds is 4. The van der Waals surface area contributed by atoms with Crippen LogP contribution in [-0.2, 0) is 14.4 Å². The summed E-state index contributed by atoms with van der Waals surface area (Å²) in [6, 6.07) is 12.4. The van der Waals surface area contributed by atoms with Crippen molar-refractivity contribution in [1.29, 1.82) is 0 Å². The van der Waals surface area contributed by atoms with Crippen LogP contribution in [0.25, 0.3) is 11.1 Å². The number of nitrogens with zero attached hydrogens (tertiary/aromatic N) is 1. The Hall–Kier alpha value is -3.28. The molecule has 0 spiro atoms. The highest BCUT2D eigenvalue weighted by Crippen LogP contribution is 2.52. The topological polar surface area (TPSA) is 66.5 Å². The molecule has 1 saturated carbocycles. The molecule has 5 atom stereocenters. The monoisotopic (exact) mass is 404 g/mol. The Morgan fingerprint density at radius 1 is 1.00 bits per heavy atom. The second-order valence-corrected chi connectivity index (χ2v) is 8.30. The molecule has 2 aliphatic carbocycles. The van der Waals surface area contributed by atoms with E-state index < -0.39 is 11.9 Å². The molecule has 1 heterocycles. The Labute approximate surface area is 173 Å². The van der Waals surface area contributed by atoms with Crippen LogP contribution in [0.3, 0.4) is 0 Å². The Morgan fingerprint density at radius 2 is 1.63 bits per heavy atom. The summed E-state index contributed by atoms with van der Waals surface area (Å²) in [6.45, 7) is 1.59. The maximum atomic E-state index is 13.4. The largest absolute Gasteiger partial charge is 0.324 e. The van der Waals surface area contributed by atoms with Crippen LogP contribution in [0.5, 0.6) is 0 Å². The lowest BCUT2D eigenvalue weighted by atomic mass is 9.85. The van der Waals surface area contributed by atoms with E-state index in [0.717, 1.165) is 22.4 Å². The van der Waals surface area contributed by atoms with E-state index in [9.17, 15) is 18.8 Å². The molecule has 3 amide bonds. The van der Waals surface area contributed by atoms with E-state index in [1.807, 2.05) is 18.2 Å². The van der Waals surface area contributed by atoms with Crippen molar-refractivity contribution in [2.24, 2.45) is 23.7 Å². The van der Waals surface area contributed by atoms with Crippen molar-refractivity contribution in [2.45, 2.75) is 19.4 Å². The van der Waals surface area contributed by atoms with Gasteiger partial charge in [0.25, 0.3) is 0 Å². The van der Waals surface area contributed by atoms with Crippen molar-refractivity contribution in [1.82, 2.24) is 4.90 Å². The molecule has 5 nitrogen and oxygen atoms in total. The zero-order valence-corrected chi connectivity index (χ0v) is 16.4. The van der Waals surface area contributed by atoms with Gasteiger partial charge in [-0.05, 0) is 60.6 Å². The first-order valence-electron chi connectivity index (χ1n) is 10.2. The van der Waals surface area contributed by atoms with Gasteiger partial charge in [0.2, 0.25) is 17.7 Å². The minimum Gasteiger partial charge on any atom is -0.324 e. The van der Waals surface area contributed by atoms with E-state index in [1.54, 1.807) is 37.3 Å². The molecule has 0 radical (unpaired) electrons. The molecule has 0 aromatic heterocycles. The zero-order valence-electron chi connectivity index (χ0n) is 16.4. The first-order chi connectivity index (χ1) is 14.4. The predicted molar refractivity (Wildman–Crippen MR) is 109 cm³/mol. The minimum atomic E-state index is -0.877. The number of anilines is 1. The van der Waals surface area contributed by atoms with E-state index >= 15 is 0 Å². The third kappa shape index (κ3) is 2.86. The molecule has 30 heavy (non-hydrogen) atoms. The molecule has 3 aliphatic rings. The van der Waals surface area contributed by atoms with Crippen LogP contribution in [0.1, 0.15) is 13.3 Å². The Morgan fingerprint density at radius 3 is 2.23 bits per heavy atom. The van der Waals surface area contributed by atoms with Crippen molar-refractivity contribution in [3.05, 3.63) is 66.5 Å². The summed E-state index contributed by atoms with van der Waals surface area (Å²) in [5, 5.41) is 2.78. The normalized spacial score (nSPS) is 27.5. The van der Waals surface area contributed by atoms with Crippen molar-refractivity contribution < 1.29 is 18.8 Å². The van der Waals surface area contributed by atoms with E-state index in [0.29, 0.717) is 5.69 Å². The smallest absolute Gasteiger partial charge is 0.247 e. The highest BCUT2D eigenvalue weighted by Gasteiger charge is 2.60. The summed E-state index contributed by atoms with van der Waals surface area (Å²) >= 11 is 0. The number of hydrogen-bond acceptors (Lipinski definition) is 3. The molecule has 2 fully saturated rings. The number of imide groups is 1. The van der Waals surface area contributed by atoms with E-state index in [1.165, 1.54) is 12.1 Å². The molecule has 152 valence electrons. The Bertz CT molecular complexity index is 1050. The van der Waals surface area contributed by atoms with Crippen LogP contribution in [0, 0.1) is 29.5 Å². The van der Waals surface area contributed by atoms with Gasteiger partial charge in [0.15, 0.2) is 0 Å². The molecule has 1 saturated heterocycles. The zero-order chi connectivity index (χ0) is 21.0. The molecule has 1 N–H and O–H groups in total. The average molecular weight is 404 g/mol. The van der Waals surface area contributed by atoms with Crippen molar-refractivity contribution >= 4 is 23.4 Å². The van der Waals surface area contributed by atoms with Crippen LogP contribution in [0.4, 0.5) is 10.1 Å². The second-order valence-electron chi connectivity index (χ2n) is 8.30. The fourth-order valence-electron chi connectivity index (χ4n) is 5.09. The van der Waals surface area contributed by atoms with Gasteiger partial charge in [0, 0.05) is 5.69 Å². The summed E-state index contributed by atoms with van der Waals surface area (Å²) < 4.78 is 13.4. The number of carbonyl (C=O) groups is 3. The summed E-state index contributed by atoms with van der Waals surface area (Å²) in [6.07, 6.45) is 4.93. The van der Waals surface area contributed by atoms with E-state index in [4.69, 9.17) is 0 Å². The van der Waals surface area contributed by atoms with Gasteiger partial charge in [0.05, 0.1) is 11.8 Å². The van der Waals surface area contributed by atoms with Crippen LogP contribution in [-0.4, -0.2) is 28.7 Å². The number of nitrogens with one attached hydrogen (secondary N) is 1. The predicted octanol–water partition coefficient (Wildman–Crippen LogP) is 3.63. The third-order valence-electron chi connectivity index (χ3n) is 6.58. The SMILES string of the molecule is C[C@H](C(=O)Nc1ccc(-c2cccc(F)c2)cc1)N1C(=O)[C@@H]2[C@@H](C1=O)[C@H]1C=C[C@H]2C1. The summed E-state index contributed by atoms with van der Waals surface area (Å²) in [4.78, 5) is 39.7. The van der Waals surface area contributed by atoms with Gasteiger partial charge in [-0.3, -0.25) is 19.3 Å². The van der Waals surface area contributed by atoms with E-state index in [-0.39, 0.29) is 41.3 Å². The van der Waals surface area contributed by atoms with Gasteiger partial charge >= 0.3 is 0 Å². The second kappa shape index (κ2) is 6.90. The molecular formula is C24H21FN2O3. The Balaban J connectivity index is 1.29. The standard InChI is InChI=1S/C24H21FN2O3/c1-13(27-23(29)20-16-5-6-17(11-16)21(20)24(27)30)22(28)26-19-9-7-14(8-10-19)15-3-2-4-18(25)12-15/h2-10,12-13,16-17,20-21H,11H2,1H3,(H,26,28)/t13-,16+,17+,20+,21+/m1/s1. The van der Waals surface area contributed by atoms with Crippen molar-refractivity contribution in [2.75, 3.05) is 5.32 Å². The lowest BCUT2D eigenvalue weighted by Gasteiger charge is -2.23. The van der Waals surface area contributed by atoms with Gasteiger partial charge in [-0.2, -0.15) is 0 Å². The summed E-state index contributed by atoms with van der Waals surface area (Å²) in [7, 11) is 0. The summed E-state index contributed by atoms with van der Waals surface area (Å²) in [5.41, 5.74) is 2.11. The molecule has 2 aromatic carbocycles. The van der Waals surface area contributed by atoms with Crippen LogP contribution in [0.15, 0.2) is 60.7 Å². The maximum Gasteiger partial charge on any atom is 0.247 e. The first-order valence-corrected chi connectivity index (χ1v) is 10.2. The molecule has 0 unspecified atom stereocenters. The summed E-state index contributed by atoms with van der Waals surface area (Å²) in [5.74, 6) is -1.57. The molecular weight excluding hydrogens is 383 g/mol. The number of benzene rings is 2. The number of fused-ring (bicyclic) bond motifs is 5. The lowest BCUT2D eigenvalue weighted by Crippen LogP contribution is -2.46. The van der Waals surface area contributed by atoms with Crippen LogP contribution >= 0.6 is 0 Å². The quantitative estimate of drug-likeness (QED) is 0.625. The minimum absolute atomic E-state index is 0.118. The number of carbonyl (C=O) groups excluding carboxylic acids is 3. The molecule has 1 aliphatic heterocycles. The third-order valence-corrected chi connectivity index (χ3v) is 6.58. The maximum absolute atomic E-state index is 13.4.